The van der Waals surface area contributed by atoms with Crippen molar-refractivity contribution in [3.05, 3.63) is 83.9 Å². The van der Waals surface area contributed by atoms with Crippen molar-refractivity contribution in [3.63, 3.8) is 0 Å². The largest absolute Gasteiger partial charge is 0.481 e. The molecule has 0 saturated carbocycles. The molecule has 0 aromatic heterocycles. The van der Waals surface area contributed by atoms with Gasteiger partial charge in [-0.2, -0.15) is 0 Å². The number of carbonyl (C=O) groups is 2. The van der Waals surface area contributed by atoms with Crippen LogP contribution in [0.5, 0.6) is 0 Å². The number of aliphatic carboxylic acids is 2. The number of thioether (sulfide) groups is 1. The summed E-state index contributed by atoms with van der Waals surface area (Å²) in [6, 6.07) is 19.2. The zero-order valence-electron chi connectivity index (χ0n) is 14.8. The van der Waals surface area contributed by atoms with Crippen molar-refractivity contribution in [1.82, 2.24) is 0 Å². The molecule has 140 valence electrons. The number of benzene rings is 2. The molecule has 2 rings (SSSR count). The Kier molecular flexibility index (Phi) is 7.89. The van der Waals surface area contributed by atoms with Gasteiger partial charge in [0, 0.05) is 5.75 Å². The topological polar surface area (TPSA) is 74.6 Å². The van der Waals surface area contributed by atoms with Gasteiger partial charge in [0.05, 0.1) is 17.6 Å². The minimum Gasteiger partial charge on any atom is -0.481 e. The van der Waals surface area contributed by atoms with Crippen LogP contribution >= 0.6 is 11.8 Å². The first-order valence-electron chi connectivity index (χ1n) is 8.55. The van der Waals surface area contributed by atoms with Gasteiger partial charge < -0.3 is 10.2 Å². The van der Waals surface area contributed by atoms with Crippen LogP contribution in [-0.2, 0) is 9.59 Å². The van der Waals surface area contributed by atoms with E-state index in [1.54, 1.807) is 0 Å². The normalized spacial score (nSPS) is 13.6. The summed E-state index contributed by atoms with van der Waals surface area (Å²) in [7, 11) is 0. The Morgan fingerprint density at radius 1 is 0.815 bits per heavy atom. The monoisotopic (exact) mass is 382 g/mol. The van der Waals surface area contributed by atoms with Crippen molar-refractivity contribution in [1.29, 1.82) is 0 Å². The smallest absolute Gasteiger partial charge is 0.305 e. The third-order valence-corrected chi connectivity index (χ3v) is 5.19. The molecule has 0 unspecified atom stereocenters. The molecule has 0 atom stereocenters. The first-order chi connectivity index (χ1) is 13.0. The lowest BCUT2D eigenvalue weighted by Gasteiger charge is -2.25. The molecule has 2 aromatic carbocycles. The van der Waals surface area contributed by atoms with E-state index in [0.717, 1.165) is 11.1 Å². The van der Waals surface area contributed by atoms with Crippen molar-refractivity contribution < 1.29 is 19.8 Å². The highest BCUT2D eigenvalue weighted by atomic mass is 32.2. The fourth-order valence-corrected chi connectivity index (χ4v) is 3.70. The predicted molar refractivity (Wildman–Crippen MR) is 111 cm³/mol. The van der Waals surface area contributed by atoms with Gasteiger partial charge in [-0.05, 0) is 11.1 Å². The van der Waals surface area contributed by atoms with Gasteiger partial charge in [0.1, 0.15) is 0 Å². The molecule has 0 amide bonds. The van der Waals surface area contributed by atoms with Gasteiger partial charge in [-0.25, -0.2) is 0 Å². The zero-order chi connectivity index (χ0) is 19.5. The Labute approximate surface area is 163 Å². The maximum atomic E-state index is 11.5. The van der Waals surface area contributed by atoms with E-state index in [1.807, 2.05) is 85.0 Å². The molecule has 0 fully saturated rings. The van der Waals surface area contributed by atoms with E-state index in [0.29, 0.717) is 5.75 Å². The van der Waals surface area contributed by atoms with Crippen LogP contribution in [0.15, 0.2) is 72.8 Å². The summed E-state index contributed by atoms with van der Waals surface area (Å²) in [4.78, 5) is 22.4. The second-order valence-electron chi connectivity index (χ2n) is 6.01. The fourth-order valence-electron chi connectivity index (χ4n) is 2.49. The molecule has 0 saturated heterocycles. The van der Waals surface area contributed by atoms with Crippen LogP contribution < -0.4 is 0 Å². The summed E-state index contributed by atoms with van der Waals surface area (Å²) in [5.41, 5.74) is 1.92. The standard InChI is InChI=1S/C22H22O4S/c23-20(24)13-16-27-22(17-21(25)26,14-11-18-7-3-1-4-8-18)15-12-19-9-5-2-6-10-19/h1-12,14-15H,13,16-17H2,(H,23,24)(H,25,26). The van der Waals surface area contributed by atoms with Crippen molar-refractivity contribution in [2.75, 3.05) is 5.75 Å². The highest BCUT2D eigenvalue weighted by Gasteiger charge is 2.28. The SMILES string of the molecule is O=C(O)CCSC(C=Cc1ccccc1)(C=Cc1ccccc1)CC(=O)O. The number of hydrogen-bond acceptors (Lipinski definition) is 3. The summed E-state index contributed by atoms with van der Waals surface area (Å²) >= 11 is 1.33. The summed E-state index contributed by atoms with van der Waals surface area (Å²) in [5, 5.41) is 18.4. The average Bonchev–Trinajstić information content (AvgIpc) is 2.66. The first-order valence-corrected chi connectivity index (χ1v) is 9.54. The molecule has 0 heterocycles. The van der Waals surface area contributed by atoms with Crippen LogP contribution in [0.1, 0.15) is 24.0 Å². The maximum absolute atomic E-state index is 11.5. The lowest BCUT2D eigenvalue weighted by atomic mass is 10.00. The molecule has 5 heteroatoms. The van der Waals surface area contributed by atoms with Crippen LogP contribution in [0.2, 0.25) is 0 Å². The van der Waals surface area contributed by atoms with Gasteiger partial charge >= 0.3 is 11.9 Å². The number of hydrogen-bond donors (Lipinski definition) is 2. The predicted octanol–water partition coefficient (Wildman–Crippen LogP) is 4.83. The van der Waals surface area contributed by atoms with Gasteiger partial charge in [-0.15, -0.1) is 11.8 Å². The Hall–Kier alpha value is -2.79. The molecule has 4 nitrogen and oxygen atoms in total. The zero-order valence-corrected chi connectivity index (χ0v) is 15.6. The second-order valence-corrected chi connectivity index (χ2v) is 7.46. The third-order valence-electron chi connectivity index (χ3n) is 3.83. The second kappa shape index (κ2) is 10.4. The molecule has 27 heavy (non-hydrogen) atoms. The highest BCUT2D eigenvalue weighted by molar-refractivity contribution is 8.01. The van der Waals surface area contributed by atoms with E-state index in [1.165, 1.54) is 11.8 Å². The Balaban J connectivity index is 2.34. The molecule has 0 aliphatic rings. The van der Waals surface area contributed by atoms with Crippen molar-refractivity contribution in [2.45, 2.75) is 17.6 Å². The molecular formula is C22H22O4S. The summed E-state index contributed by atoms with van der Waals surface area (Å²) in [6.45, 7) is 0. The highest BCUT2D eigenvalue weighted by Crippen LogP contribution is 2.35. The number of carboxylic acid groups (broad SMARTS) is 2. The van der Waals surface area contributed by atoms with E-state index in [4.69, 9.17) is 5.11 Å². The van der Waals surface area contributed by atoms with Gasteiger partial charge in [-0.1, -0.05) is 85.0 Å². The maximum Gasteiger partial charge on any atom is 0.305 e. The van der Waals surface area contributed by atoms with Crippen LogP contribution in [-0.4, -0.2) is 32.7 Å². The molecule has 0 bridgehead atoms. The molecule has 2 aromatic rings. The molecular weight excluding hydrogens is 360 g/mol. The van der Waals surface area contributed by atoms with Crippen LogP contribution in [0.25, 0.3) is 12.2 Å². The van der Waals surface area contributed by atoms with Crippen molar-refractivity contribution >= 4 is 35.9 Å². The average molecular weight is 382 g/mol. The summed E-state index contributed by atoms with van der Waals surface area (Å²) in [5.74, 6) is -1.51. The Bertz CT molecular complexity index is 748. The molecule has 2 N–H and O–H groups in total. The van der Waals surface area contributed by atoms with Crippen molar-refractivity contribution in [3.8, 4) is 0 Å². The van der Waals surface area contributed by atoms with Gasteiger partial charge in [0.15, 0.2) is 0 Å². The quantitative estimate of drug-likeness (QED) is 0.615. The lowest BCUT2D eigenvalue weighted by Crippen LogP contribution is -2.24. The fraction of sp³-hybridized carbons (Fsp3) is 0.182. The minimum absolute atomic E-state index is 0.0234. The van der Waals surface area contributed by atoms with Gasteiger partial charge in [0.2, 0.25) is 0 Å². The number of carboxylic acids is 2. The molecule has 0 aliphatic heterocycles. The van der Waals surface area contributed by atoms with E-state index in [9.17, 15) is 14.7 Å². The van der Waals surface area contributed by atoms with E-state index < -0.39 is 16.7 Å². The molecule has 0 aliphatic carbocycles. The summed E-state index contributed by atoms with van der Waals surface area (Å²) in [6.07, 6.45) is 7.30. The van der Waals surface area contributed by atoms with E-state index in [-0.39, 0.29) is 12.8 Å². The first kappa shape index (κ1) is 20.5. The van der Waals surface area contributed by atoms with E-state index in [2.05, 4.69) is 0 Å². The Morgan fingerprint density at radius 3 is 1.70 bits per heavy atom. The summed E-state index contributed by atoms with van der Waals surface area (Å²) < 4.78 is -0.840. The molecule has 0 spiro atoms. The van der Waals surface area contributed by atoms with Crippen molar-refractivity contribution in [2.24, 2.45) is 0 Å². The van der Waals surface area contributed by atoms with Gasteiger partial charge in [0.25, 0.3) is 0 Å². The van der Waals surface area contributed by atoms with Gasteiger partial charge in [-0.3, -0.25) is 9.59 Å². The van der Waals surface area contributed by atoms with Crippen LogP contribution in [0.4, 0.5) is 0 Å². The van der Waals surface area contributed by atoms with Crippen LogP contribution in [0, 0.1) is 0 Å². The van der Waals surface area contributed by atoms with E-state index >= 15 is 0 Å². The lowest BCUT2D eigenvalue weighted by molar-refractivity contribution is -0.137. The molecule has 0 radical (unpaired) electrons. The number of rotatable bonds is 10. The Morgan fingerprint density at radius 2 is 1.30 bits per heavy atom. The minimum atomic E-state index is -0.937. The third kappa shape index (κ3) is 7.54. The van der Waals surface area contributed by atoms with Crippen LogP contribution in [0.3, 0.4) is 0 Å².